The van der Waals surface area contributed by atoms with Gasteiger partial charge in [0.2, 0.25) is 0 Å². The first-order chi connectivity index (χ1) is 7.61. The molecule has 1 N–H and O–H groups in total. The van der Waals surface area contributed by atoms with E-state index in [0.29, 0.717) is 18.4 Å². The molecule has 0 saturated heterocycles. The molecule has 0 aromatic heterocycles. The third kappa shape index (κ3) is 3.85. The summed E-state index contributed by atoms with van der Waals surface area (Å²) in [4.78, 5) is 10.5. The number of aliphatic carboxylic acids is 1. The van der Waals surface area contributed by atoms with Gasteiger partial charge in [0.15, 0.2) is 0 Å². The summed E-state index contributed by atoms with van der Waals surface area (Å²) < 4.78 is 13.2. The van der Waals surface area contributed by atoms with E-state index in [1.165, 1.54) is 6.07 Å². The Morgan fingerprint density at radius 1 is 1.50 bits per heavy atom. The van der Waals surface area contributed by atoms with E-state index in [4.69, 9.17) is 5.11 Å². The lowest BCUT2D eigenvalue weighted by molar-refractivity contribution is -0.141. The lowest BCUT2D eigenvalue weighted by Crippen LogP contribution is -2.08. The van der Waals surface area contributed by atoms with Crippen LogP contribution in [0.1, 0.15) is 25.3 Å². The molecule has 0 aliphatic carbocycles. The van der Waals surface area contributed by atoms with Crippen molar-refractivity contribution in [1.29, 1.82) is 0 Å². The van der Waals surface area contributed by atoms with Crippen molar-refractivity contribution >= 4 is 12.0 Å². The quantitative estimate of drug-likeness (QED) is 0.829. The fraction of sp³-hybridized carbons (Fsp3) is 0.308. The van der Waals surface area contributed by atoms with Crippen LogP contribution in [-0.2, 0) is 4.79 Å². The minimum Gasteiger partial charge on any atom is -0.481 e. The molecule has 0 saturated carbocycles. The van der Waals surface area contributed by atoms with Crippen molar-refractivity contribution in [1.82, 2.24) is 0 Å². The Morgan fingerprint density at radius 2 is 2.19 bits per heavy atom. The number of allylic oxidation sites excluding steroid dienone is 1. The first-order valence-electron chi connectivity index (χ1n) is 5.25. The summed E-state index contributed by atoms with van der Waals surface area (Å²) in [6.45, 7) is 1.67. The lowest BCUT2D eigenvalue weighted by atomic mass is 10.1. The van der Waals surface area contributed by atoms with Gasteiger partial charge in [-0.2, -0.15) is 0 Å². The van der Waals surface area contributed by atoms with Crippen LogP contribution in [0.15, 0.2) is 30.3 Å². The molecule has 1 atom stereocenters. The van der Waals surface area contributed by atoms with Gasteiger partial charge in [0.25, 0.3) is 0 Å². The van der Waals surface area contributed by atoms with Crippen molar-refractivity contribution in [3.05, 3.63) is 41.7 Å². The molecule has 0 fully saturated rings. The first kappa shape index (κ1) is 12.4. The summed E-state index contributed by atoms with van der Waals surface area (Å²) >= 11 is 0. The van der Waals surface area contributed by atoms with Gasteiger partial charge in [-0.25, -0.2) is 4.39 Å². The van der Waals surface area contributed by atoms with E-state index in [1.54, 1.807) is 37.3 Å². The monoisotopic (exact) mass is 222 g/mol. The van der Waals surface area contributed by atoms with Crippen molar-refractivity contribution < 1.29 is 14.3 Å². The summed E-state index contributed by atoms with van der Waals surface area (Å²) in [6, 6.07) is 6.49. The molecular weight excluding hydrogens is 207 g/mol. The van der Waals surface area contributed by atoms with Crippen LogP contribution < -0.4 is 0 Å². The van der Waals surface area contributed by atoms with Gasteiger partial charge >= 0.3 is 5.97 Å². The highest BCUT2D eigenvalue weighted by Crippen LogP contribution is 2.11. The standard InChI is InChI=1S/C13H15FO2/c1-10(13(15)16)6-2-3-7-11-8-4-5-9-12(11)14/h3-5,7-10H,2,6H2,1H3,(H,15,16)/b7-3+. The molecule has 1 unspecified atom stereocenters. The number of rotatable bonds is 5. The Balaban J connectivity index is 2.44. The number of carboxylic acid groups (broad SMARTS) is 1. The number of carbonyl (C=O) groups is 1. The molecule has 0 aliphatic rings. The second-order valence-electron chi connectivity index (χ2n) is 3.74. The third-order valence-electron chi connectivity index (χ3n) is 2.39. The lowest BCUT2D eigenvalue weighted by Gasteiger charge is -2.02. The third-order valence-corrected chi connectivity index (χ3v) is 2.39. The SMILES string of the molecule is CC(CC/C=C/c1ccccc1F)C(=O)O. The molecule has 1 aromatic rings. The van der Waals surface area contributed by atoms with Crippen molar-refractivity contribution in [3.8, 4) is 0 Å². The number of hydrogen-bond acceptors (Lipinski definition) is 1. The van der Waals surface area contributed by atoms with Crippen molar-refractivity contribution in [2.45, 2.75) is 19.8 Å². The predicted octanol–water partition coefficient (Wildman–Crippen LogP) is 3.34. The highest BCUT2D eigenvalue weighted by atomic mass is 19.1. The van der Waals surface area contributed by atoms with E-state index in [9.17, 15) is 9.18 Å². The van der Waals surface area contributed by atoms with E-state index in [-0.39, 0.29) is 11.7 Å². The second-order valence-corrected chi connectivity index (χ2v) is 3.74. The molecule has 86 valence electrons. The normalized spacial score (nSPS) is 12.9. The van der Waals surface area contributed by atoms with Gasteiger partial charge in [0, 0.05) is 5.56 Å². The highest BCUT2D eigenvalue weighted by molar-refractivity contribution is 5.69. The van der Waals surface area contributed by atoms with Gasteiger partial charge in [-0.15, -0.1) is 0 Å². The van der Waals surface area contributed by atoms with E-state index in [0.717, 1.165) is 0 Å². The van der Waals surface area contributed by atoms with Crippen LogP contribution in [0.5, 0.6) is 0 Å². The summed E-state index contributed by atoms with van der Waals surface area (Å²) in [5, 5.41) is 8.66. The van der Waals surface area contributed by atoms with Crippen LogP contribution in [0.25, 0.3) is 6.08 Å². The van der Waals surface area contributed by atoms with Gasteiger partial charge in [-0.05, 0) is 18.9 Å². The van der Waals surface area contributed by atoms with Crippen LogP contribution in [0.4, 0.5) is 4.39 Å². The smallest absolute Gasteiger partial charge is 0.306 e. The van der Waals surface area contributed by atoms with E-state index >= 15 is 0 Å². The number of benzene rings is 1. The van der Waals surface area contributed by atoms with Crippen LogP contribution in [0, 0.1) is 11.7 Å². The average molecular weight is 222 g/mol. The number of hydrogen-bond donors (Lipinski definition) is 1. The Morgan fingerprint density at radius 3 is 2.81 bits per heavy atom. The first-order valence-corrected chi connectivity index (χ1v) is 5.25. The van der Waals surface area contributed by atoms with Crippen LogP contribution in [-0.4, -0.2) is 11.1 Å². The van der Waals surface area contributed by atoms with Gasteiger partial charge < -0.3 is 5.11 Å². The average Bonchev–Trinajstić information content (AvgIpc) is 2.26. The molecule has 16 heavy (non-hydrogen) atoms. The maximum atomic E-state index is 13.2. The van der Waals surface area contributed by atoms with Crippen LogP contribution >= 0.6 is 0 Å². The van der Waals surface area contributed by atoms with Gasteiger partial charge in [0.05, 0.1) is 5.92 Å². The molecule has 0 amide bonds. The molecule has 0 radical (unpaired) electrons. The zero-order valence-corrected chi connectivity index (χ0v) is 9.19. The van der Waals surface area contributed by atoms with Crippen molar-refractivity contribution in [2.24, 2.45) is 5.92 Å². The van der Waals surface area contributed by atoms with Gasteiger partial charge in [-0.3, -0.25) is 4.79 Å². The minimum absolute atomic E-state index is 0.259. The molecule has 1 aromatic carbocycles. The molecule has 0 heterocycles. The largest absolute Gasteiger partial charge is 0.481 e. The van der Waals surface area contributed by atoms with Gasteiger partial charge in [-0.1, -0.05) is 37.3 Å². The van der Waals surface area contributed by atoms with E-state index in [1.807, 2.05) is 0 Å². The van der Waals surface area contributed by atoms with Gasteiger partial charge in [0.1, 0.15) is 5.82 Å². The predicted molar refractivity (Wildman–Crippen MR) is 61.5 cm³/mol. The molecule has 0 spiro atoms. The fourth-order valence-corrected chi connectivity index (χ4v) is 1.29. The fourth-order valence-electron chi connectivity index (χ4n) is 1.29. The Labute approximate surface area is 94.4 Å². The number of carboxylic acids is 1. The van der Waals surface area contributed by atoms with Crippen molar-refractivity contribution in [3.63, 3.8) is 0 Å². The summed E-state index contributed by atoms with van der Waals surface area (Å²) in [6.07, 6.45) is 4.70. The summed E-state index contributed by atoms with van der Waals surface area (Å²) in [5.41, 5.74) is 0.533. The highest BCUT2D eigenvalue weighted by Gasteiger charge is 2.08. The maximum absolute atomic E-state index is 13.2. The Hall–Kier alpha value is -1.64. The number of halogens is 1. The molecule has 2 nitrogen and oxygen atoms in total. The van der Waals surface area contributed by atoms with Crippen LogP contribution in [0.3, 0.4) is 0 Å². The topological polar surface area (TPSA) is 37.3 Å². The summed E-state index contributed by atoms with van der Waals surface area (Å²) in [7, 11) is 0. The van der Waals surface area contributed by atoms with E-state index < -0.39 is 5.97 Å². The molecule has 1 rings (SSSR count). The minimum atomic E-state index is -0.792. The zero-order chi connectivity index (χ0) is 12.0. The second kappa shape index (κ2) is 6.05. The summed E-state index contributed by atoms with van der Waals surface area (Å²) in [5.74, 6) is -1.41. The zero-order valence-electron chi connectivity index (χ0n) is 9.19. The molecule has 0 bridgehead atoms. The molecule has 3 heteroatoms. The Kier molecular flexibility index (Phi) is 4.70. The molecule has 0 aliphatic heterocycles. The molecular formula is C13H15FO2. The van der Waals surface area contributed by atoms with E-state index in [2.05, 4.69) is 0 Å². The maximum Gasteiger partial charge on any atom is 0.306 e. The van der Waals surface area contributed by atoms with Crippen molar-refractivity contribution in [2.75, 3.05) is 0 Å². The Bertz CT molecular complexity index is 385. The van der Waals surface area contributed by atoms with Crippen LogP contribution in [0.2, 0.25) is 0 Å².